The Balaban J connectivity index is 2.10. The van der Waals surface area contributed by atoms with Crippen molar-refractivity contribution in [1.82, 2.24) is 15.3 Å². The number of nitrogens with zero attached hydrogens (tertiary/aromatic N) is 2. The topological polar surface area (TPSA) is 69.7 Å². The number of fused-ring (bicyclic) bond motifs is 1. The molecule has 0 radical (unpaired) electrons. The van der Waals surface area contributed by atoms with Crippen molar-refractivity contribution in [2.75, 3.05) is 20.7 Å². The van der Waals surface area contributed by atoms with E-state index in [1.807, 2.05) is 45.3 Å². The van der Waals surface area contributed by atoms with Crippen LogP contribution >= 0.6 is 0 Å². The molecule has 6 heteroatoms. The molecule has 1 amide bonds. The fourth-order valence-electron chi connectivity index (χ4n) is 2.67. The minimum absolute atomic E-state index is 0.247. The average Bonchev–Trinajstić information content (AvgIpc) is 3.03. The second kappa shape index (κ2) is 6.26. The van der Waals surface area contributed by atoms with Crippen LogP contribution in [0.25, 0.3) is 17.0 Å². The van der Waals surface area contributed by atoms with Crippen molar-refractivity contribution in [3.63, 3.8) is 0 Å². The lowest BCUT2D eigenvalue weighted by Gasteiger charge is -2.10. The summed E-state index contributed by atoms with van der Waals surface area (Å²) in [7, 11) is 4.04. The van der Waals surface area contributed by atoms with Crippen molar-refractivity contribution in [2.45, 2.75) is 13.5 Å². The Morgan fingerprint density at radius 3 is 2.83 bits per heavy atom. The van der Waals surface area contributed by atoms with E-state index in [1.54, 1.807) is 0 Å². The maximum absolute atomic E-state index is 12.0. The van der Waals surface area contributed by atoms with Crippen LogP contribution in [0.4, 0.5) is 0 Å². The molecule has 1 aromatic heterocycles. The van der Waals surface area contributed by atoms with Gasteiger partial charge < -0.3 is 14.6 Å². The Morgan fingerprint density at radius 1 is 1.30 bits per heavy atom. The van der Waals surface area contributed by atoms with Crippen LogP contribution < -0.4 is 5.43 Å². The molecule has 1 aromatic carbocycles. The van der Waals surface area contributed by atoms with Crippen molar-refractivity contribution in [3.05, 3.63) is 41.1 Å². The Labute approximate surface area is 134 Å². The molecule has 1 aliphatic heterocycles. The summed E-state index contributed by atoms with van der Waals surface area (Å²) in [5.41, 5.74) is 5.99. The van der Waals surface area contributed by atoms with Crippen LogP contribution in [-0.2, 0) is 16.1 Å². The van der Waals surface area contributed by atoms with E-state index in [-0.39, 0.29) is 5.91 Å². The fourth-order valence-corrected chi connectivity index (χ4v) is 2.67. The number of aromatic amines is 1. The molecular weight excluding hydrogens is 292 g/mol. The van der Waals surface area contributed by atoms with Gasteiger partial charge in [0, 0.05) is 23.1 Å². The first-order chi connectivity index (χ1) is 11.1. The molecule has 0 saturated heterocycles. The quantitative estimate of drug-likeness (QED) is 0.849. The van der Waals surface area contributed by atoms with Gasteiger partial charge in [-0.3, -0.25) is 4.79 Å². The molecule has 0 bridgehead atoms. The van der Waals surface area contributed by atoms with E-state index in [4.69, 9.17) is 4.74 Å². The number of hydrazone groups is 1. The number of aromatic nitrogens is 1. The van der Waals surface area contributed by atoms with Gasteiger partial charge in [-0.1, -0.05) is 18.2 Å². The maximum atomic E-state index is 12.0. The van der Waals surface area contributed by atoms with Gasteiger partial charge in [-0.05, 0) is 38.7 Å². The van der Waals surface area contributed by atoms with Crippen molar-refractivity contribution in [2.24, 2.45) is 5.10 Å². The summed E-state index contributed by atoms with van der Waals surface area (Å²) in [6.07, 6.45) is 1.82. The van der Waals surface area contributed by atoms with Gasteiger partial charge in [-0.15, -0.1) is 5.10 Å². The van der Waals surface area contributed by atoms with Gasteiger partial charge in [-0.2, -0.15) is 0 Å². The zero-order valence-corrected chi connectivity index (χ0v) is 13.5. The lowest BCUT2D eigenvalue weighted by Crippen LogP contribution is -2.15. The summed E-state index contributed by atoms with van der Waals surface area (Å²) in [5, 5.41) is 5.08. The average molecular weight is 312 g/mol. The number of benzene rings is 1. The number of ether oxygens (including phenoxy) is 1. The number of carbonyl (C=O) groups excluding carboxylic acids is 1. The summed E-state index contributed by atoms with van der Waals surface area (Å²) in [5.74, 6) is 0.0925. The van der Waals surface area contributed by atoms with Gasteiger partial charge in [0.15, 0.2) is 0 Å². The molecule has 0 unspecified atom stereocenters. The summed E-state index contributed by atoms with van der Waals surface area (Å²) < 4.78 is 5.43. The summed E-state index contributed by atoms with van der Waals surface area (Å²) in [4.78, 5) is 17.5. The van der Waals surface area contributed by atoms with E-state index in [0.29, 0.717) is 18.1 Å². The molecule has 2 aromatic rings. The van der Waals surface area contributed by atoms with E-state index >= 15 is 0 Å². The second-order valence-corrected chi connectivity index (χ2v) is 5.65. The first-order valence-corrected chi connectivity index (χ1v) is 7.57. The molecular formula is C17H20N4O2. The predicted molar refractivity (Wildman–Crippen MR) is 90.9 cm³/mol. The minimum atomic E-state index is -0.247. The van der Waals surface area contributed by atoms with E-state index in [0.717, 1.165) is 28.7 Å². The monoisotopic (exact) mass is 312 g/mol. The largest absolute Gasteiger partial charge is 0.476 e. The van der Waals surface area contributed by atoms with Gasteiger partial charge in [-0.25, -0.2) is 5.43 Å². The standard InChI is InChI=1S/C17H20N4O2/c1-4-23-17-12(16(22)19-20-17)9-15-13(10-21(2)3)11-7-5-6-8-14(11)18-15/h5-9,18H,4,10H2,1-3H3,(H,19,22). The van der Waals surface area contributed by atoms with Crippen LogP contribution in [0.5, 0.6) is 0 Å². The highest BCUT2D eigenvalue weighted by molar-refractivity contribution is 6.24. The molecule has 23 heavy (non-hydrogen) atoms. The zero-order chi connectivity index (χ0) is 16.4. The van der Waals surface area contributed by atoms with E-state index in [9.17, 15) is 4.79 Å². The van der Waals surface area contributed by atoms with Gasteiger partial charge in [0.25, 0.3) is 5.91 Å². The molecule has 3 rings (SSSR count). The highest BCUT2D eigenvalue weighted by Gasteiger charge is 2.25. The Bertz CT molecular complexity index is 802. The van der Waals surface area contributed by atoms with Gasteiger partial charge >= 0.3 is 0 Å². The lowest BCUT2D eigenvalue weighted by molar-refractivity contribution is -0.116. The molecule has 2 N–H and O–H groups in total. The lowest BCUT2D eigenvalue weighted by atomic mass is 10.1. The number of rotatable bonds is 4. The predicted octanol–water partition coefficient (Wildman–Crippen LogP) is 2.09. The second-order valence-electron chi connectivity index (χ2n) is 5.65. The molecule has 0 saturated carbocycles. The Kier molecular flexibility index (Phi) is 4.16. The maximum Gasteiger partial charge on any atom is 0.277 e. The number of hydrogen-bond donors (Lipinski definition) is 2. The molecule has 0 fully saturated rings. The summed E-state index contributed by atoms with van der Waals surface area (Å²) >= 11 is 0. The highest BCUT2D eigenvalue weighted by atomic mass is 16.5. The minimum Gasteiger partial charge on any atom is -0.476 e. The van der Waals surface area contributed by atoms with Crippen LogP contribution in [-0.4, -0.2) is 42.4 Å². The first-order valence-electron chi connectivity index (χ1n) is 7.57. The Hall–Kier alpha value is -2.60. The third-order valence-electron chi connectivity index (χ3n) is 3.62. The normalized spacial score (nSPS) is 16.3. The summed E-state index contributed by atoms with van der Waals surface area (Å²) in [6, 6.07) is 8.12. The highest BCUT2D eigenvalue weighted by Crippen LogP contribution is 2.26. The molecule has 2 heterocycles. The molecule has 0 aliphatic carbocycles. The van der Waals surface area contributed by atoms with Crippen LogP contribution in [0.2, 0.25) is 0 Å². The fraction of sp³-hybridized carbons (Fsp3) is 0.294. The van der Waals surface area contributed by atoms with Crippen LogP contribution in [0.15, 0.2) is 34.9 Å². The van der Waals surface area contributed by atoms with Crippen LogP contribution in [0.1, 0.15) is 18.2 Å². The number of carbonyl (C=O) groups is 1. The van der Waals surface area contributed by atoms with Crippen molar-refractivity contribution >= 4 is 28.8 Å². The van der Waals surface area contributed by atoms with Crippen LogP contribution in [0, 0.1) is 0 Å². The smallest absolute Gasteiger partial charge is 0.277 e. The van der Waals surface area contributed by atoms with E-state index in [1.165, 1.54) is 0 Å². The zero-order valence-electron chi connectivity index (χ0n) is 13.5. The van der Waals surface area contributed by atoms with Crippen molar-refractivity contribution < 1.29 is 9.53 Å². The molecule has 1 aliphatic rings. The van der Waals surface area contributed by atoms with Gasteiger partial charge in [0.1, 0.15) is 5.57 Å². The Morgan fingerprint density at radius 2 is 2.09 bits per heavy atom. The molecule has 120 valence electrons. The summed E-state index contributed by atoms with van der Waals surface area (Å²) in [6.45, 7) is 3.09. The SMILES string of the molecule is CCOC1=NNC(=O)C1=Cc1[nH]c2ccccc2c1CN(C)C. The third-order valence-corrected chi connectivity index (χ3v) is 3.62. The molecule has 0 spiro atoms. The number of nitrogens with one attached hydrogen (secondary N) is 2. The van der Waals surface area contributed by atoms with E-state index in [2.05, 4.69) is 26.5 Å². The van der Waals surface area contributed by atoms with Crippen LogP contribution in [0.3, 0.4) is 0 Å². The number of para-hydroxylation sites is 1. The van der Waals surface area contributed by atoms with E-state index < -0.39 is 0 Å². The number of hydrogen-bond acceptors (Lipinski definition) is 4. The third kappa shape index (κ3) is 2.98. The number of amides is 1. The first kappa shape index (κ1) is 15.3. The van der Waals surface area contributed by atoms with Gasteiger partial charge in [0.2, 0.25) is 5.90 Å². The van der Waals surface area contributed by atoms with Gasteiger partial charge in [0.05, 0.1) is 6.61 Å². The molecule has 6 nitrogen and oxygen atoms in total. The number of H-pyrrole nitrogens is 1. The van der Waals surface area contributed by atoms with Crippen molar-refractivity contribution in [3.8, 4) is 0 Å². The molecule has 0 atom stereocenters. The van der Waals surface area contributed by atoms with Crippen molar-refractivity contribution in [1.29, 1.82) is 0 Å².